The van der Waals surface area contributed by atoms with Crippen molar-refractivity contribution in [3.05, 3.63) is 78.0 Å². The molecule has 1 aromatic carbocycles. The Hall–Kier alpha value is -3.61. The molecule has 0 radical (unpaired) electrons. The van der Waals surface area contributed by atoms with Gasteiger partial charge in [-0.2, -0.15) is 0 Å². The number of rotatable bonds is 9. The second-order valence-electron chi connectivity index (χ2n) is 8.13. The maximum atomic E-state index is 14.6. The number of nitrogens with one attached hydrogen (secondary N) is 1. The molecule has 0 atom stereocenters. The first-order chi connectivity index (χ1) is 16.5. The van der Waals surface area contributed by atoms with Gasteiger partial charge in [-0.1, -0.05) is 19.6 Å². The van der Waals surface area contributed by atoms with Gasteiger partial charge in [0.25, 0.3) is 5.91 Å². The van der Waals surface area contributed by atoms with Crippen LogP contribution in [0.2, 0.25) is 0 Å². The lowest BCUT2D eigenvalue weighted by molar-refractivity contribution is 0.0962. The summed E-state index contributed by atoms with van der Waals surface area (Å²) < 4.78 is 20.2. The van der Waals surface area contributed by atoms with E-state index in [1.54, 1.807) is 30.3 Å². The van der Waals surface area contributed by atoms with Crippen molar-refractivity contribution >= 4 is 11.6 Å². The van der Waals surface area contributed by atoms with E-state index in [0.29, 0.717) is 23.7 Å². The number of piperidine rings is 1. The summed E-state index contributed by atoms with van der Waals surface area (Å²) in [5, 5.41) is 2.91. The summed E-state index contributed by atoms with van der Waals surface area (Å²) >= 11 is 0. The van der Waals surface area contributed by atoms with Crippen LogP contribution in [0.3, 0.4) is 0 Å². The van der Waals surface area contributed by atoms with Gasteiger partial charge < -0.3 is 20.7 Å². The molecule has 0 bridgehead atoms. The van der Waals surface area contributed by atoms with Gasteiger partial charge in [0.05, 0.1) is 29.4 Å². The smallest absolute Gasteiger partial charge is 0.276 e. The van der Waals surface area contributed by atoms with E-state index in [0.717, 1.165) is 38.0 Å². The number of pyridine rings is 1. The highest BCUT2D eigenvalue weighted by molar-refractivity contribution is 5.99. The van der Waals surface area contributed by atoms with Crippen molar-refractivity contribution in [2.75, 3.05) is 25.4 Å². The van der Waals surface area contributed by atoms with Gasteiger partial charge in [0, 0.05) is 18.7 Å². The number of carbonyl (C=O) groups excluding carboxylic acids is 1. The van der Waals surface area contributed by atoms with E-state index in [2.05, 4.69) is 21.8 Å². The maximum absolute atomic E-state index is 14.6. The van der Waals surface area contributed by atoms with E-state index < -0.39 is 11.7 Å². The van der Waals surface area contributed by atoms with Crippen molar-refractivity contribution in [1.29, 1.82) is 0 Å². The van der Waals surface area contributed by atoms with Crippen LogP contribution in [0, 0.1) is 5.82 Å². The number of likely N-dealkylation sites (tertiary alicyclic amines) is 1. The number of hydrogen-bond acceptors (Lipinski definition) is 5. The van der Waals surface area contributed by atoms with E-state index in [1.807, 2.05) is 26.0 Å². The van der Waals surface area contributed by atoms with Crippen LogP contribution in [0.15, 0.2) is 66.5 Å². The van der Waals surface area contributed by atoms with Gasteiger partial charge in [-0.15, -0.1) is 0 Å². The molecule has 1 fully saturated rings. The predicted molar refractivity (Wildman–Crippen MR) is 135 cm³/mol. The summed E-state index contributed by atoms with van der Waals surface area (Å²) in [5.74, 6) is -0.399. The fourth-order valence-electron chi connectivity index (χ4n) is 3.87. The van der Waals surface area contributed by atoms with E-state index in [-0.39, 0.29) is 16.9 Å². The Labute approximate surface area is 201 Å². The first-order valence-corrected chi connectivity index (χ1v) is 11.7. The average molecular weight is 465 g/mol. The Morgan fingerprint density at radius 2 is 2.03 bits per heavy atom. The number of amides is 1. The maximum Gasteiger partial charge on any atom is 0.276 e. The summed E-state index contributed by atoms with van der Waals surface area (Å²) in [4.78, 5) is 19.9. The summed E-state index contributed by atoms with van der Waals surface area (Å²) in [7, 11) is 0. The molecule has 34 heavy (non-hydrogen) atoms. The van der Waals surface area contributed by atoms with Crippen LogP contribution in [0.1, 0.15) is 50.0 Å². The Morgan fingerprint density at radius 3 is 2.71 bits per heavy atom. The minimum absolute atomic E-state index is 0.0228. The number of carbonyl (C=O) groups is 1. The molecule has 2 heterocycles. The number of halogens is 1. The molecule has 0 saturated carbocycles. The quantitative estimate of drug-likeness (QED) is 0.483. The third-order valence-electron chi connectivity index (χ3n) is 5.58. The molecule has 1 amide bonds. The molecule has 1 saturated heterocycles. The van der Waals surface area contributed by atoms with Crippen molar-refractivity contribution in [3.8, 4) is 17.0 Å². The lowest BCUT2D eigenvalue weighted by Gasteiger charge is -2.31. The fraction of sp³-hybridized carbons (Fsp3) is 0.333. The summed E-state index contributed by atoms with van der Waals surface area (Å²) in [6, 6.07) is 7.64. The molecule has 6 nitrogen and oxygen atoms in total. The largest absolute Gasteiger partial charge is 0.494 e. The van der Waals surface area contributed by atoms with Crippen molar-refractivity contribution in [1.82, 2.24) is 15.2 Å². The standard InChI is InChI=1S/C27H33FN4O2/c1-4-10-25(32-15-8-7-9-16-32)23(6-3)31-27(33)26-22(29)13-14-24(30-26)20-18-19(34-17-5-2)11-12-21(20)28/h4,6,10-14,18H,3,5,7-9,15-17,29H2,1-2H3,(H,31,33)/b10-4-,25-23-. The van der Waals surface area contributed by atoms with Crippen molar-refractivity contribution < 1.29 is 13.9 Å². The topological polar surface area (TPSA) is 80.5 Å². The number of nitrogen functional groups attached to an aromatic ring is 1. The van der Waals surface area contributed by atoms with Crippen LogP contribution in [0.4, 0.5) is 10.1 Å². The predicted octanol–water partition coefficient (Wildman–Crippen LogP) is 5.45. The Morgan fingerprint density at radius 1 is 1.26 bits per heavy atom. The highest BCUT2D eigenvalue weighted by Crippen LogP contribution is 2.28. The monoisotopic (exact) mass is 464 g/mol. The van der Waals surface area contributed by atoms with Crippen molar-refractivity contribution in [2.45, 2.75) is 39.5 Å². The molecule has 0 spiro atoms. The van der Waals surface area contributed by atoms with Gasteiger partial charge in [0.15, 0.2) is 5.69 Å². The zero-order valence-corrected chi connectivity index (χ0v) is 19.9. The van der Waals surface area contributed by atoms with Crippen molar-refractivity contribution in [3.63, 3.8) is 0 Å². The molecular weight excluding hydrogens is 431 g/mol. The molecule has 3 N–H and O–H groups in total. The average Bonchev–Trinajstić information content (AvgIpc) is 2.86. The van der Waals surface area contributed by atoms with E-state index in [4.69, 9.17) is 10.5 Å². The number of ether oxygens (including phenoxy) is 1. The highest BCUT2D eigenvalue weighted by Gasteiger charge is 2.19. The Kier molecular flexibility index (Phi) is 8.85. The van der Waals surface area contributed by atoms with Gasteiger partial charge in [0.2, 0.25) is 0 Å². The molecule has 1 aromatic heterocycles. The van der Waals surface area contributed by atoms with Gasteiger partial charge >= 0.3 is 0 Å². The summed E-state index contributed by atoms with van der Waals surface area (Å²) in [6.45, 7) is 10.2. The normalized spacial score (nSPS) is 14.6. The Balaban J connectivity index is 1.93. The zero-order valence-electron chi connectivity index (χ0n) is 19.9. The molecule has 180 valence electrons. The molecule has 2 aromatic rings. The lowest BCUT2D eigenvalue weighted by Crippen LogP contribution is -2.33. The number of allylic oxidation sites excluding steroid dienone is 3. The van der Waals surface area contributed by atoms with Gasteiger partial charge in [-0.25, -0.2) is 9.37 Å². The SMILES string of the molecule is C=C/C(NC(=O)c1nc(-c2cc(OCCC)ccc2F)ccc1N)=C(\C=C/C)N1CCCCC1. The lowest BCUT2D eigenvalue weighted by atomic mass is 10.1. The van der Waals surface area contributed by atoms with Gasteiger partial charge in [-0.05, 0) is 75.1 Å². The molecule has 0 aliphatic carbocycles. The van der Waals surface area contributed by atoms with Crippen LogP contribution in [0.25, 0.3) is 11.3 Å². The number of nitrogens with two attached hydrogens (primary N) is 1. The molecule has 1 aliphatic heterocycles. The van der Waals surface area contributed by atoms with Crippen LogP contribution in [-0.2, 0) is 0 Å². The summed E-state index contributed by atoms with van der Waals surface area (Å²) in [5.41, 5.74) is 8.33. The molecule has 0 unspecified atom stereocenters. The third-order valence-corrected chi connectivity index (χ3v) is 5.58. The van der Waals surface area contributed by atoms with Crippen LogP contribution >= 0.6 is 0 Å². The number of aromatic nitrogens is 1. The van der Waals surface area contributed by atoms with Crippen LogP contribution < -0.4 is 15.8 Å². The van der Waals surface area contributed by atoms with E-state index in [1.165, 1.54) is 12.5 Å². The zero-order chi connectivity index (χ0) is 24.5. The number of anilines is 1. The van der Waals surface area contributed by atoms with Gasteiger partial charge in [0.1, 0.15) is 11.6 Å². The third kappa shape index (κ3) is 6.04. The first-order valence-electron chi connectivity index (χ1n) is 11.7. The Bertz CT molecular complexity index is 1090. The van der Waals surface area contributed by atoms with Crippen LogP contribution in [-0.4, -0.2) is 35.5 Å². The van der Waals surface area contributed by atoms with Crippen LogP contribution in [0.5, 0.6) is 5.75 Å². The number of benzene rings is 1. The summed E-state index contributed by atoms with van der Waals surface area (Å²) in [6.07, 6.45) is 9.75. The number of hydrogen-bond donors (Lipinski definition) is 2. The molecule has 1 aliphatic rings. The minimum atomic E-state index is -0.480. The van der Waals surface area contributed by atoms with E-state index in [9.17, 15) is 9.18 Å². The minimum Gasteiger partial charge on any atom is -0.494 e. The van der Waals surface area contributed by atoms with Gasteiger partial charge in [-0.3, -0.25) is 4.79 Å². The van der Waals surface area contributed by atoms with E-state index >= 15 is 0 Å². The highest BCUT2D eigenvalue weighted by atomic mass is 19.1. The first kappa shape index (κ1) is 25.0. The van der Waals surface area contributed by atoms with Crippen molar-refractivity contribution in [2.24, 2.45) is 0 Å². The molecular formula is C27H33FN4O2. The fourth-order valence-corrected chi connectivity index (χ4v) is 3.87. The number of nitrogens with zero attached hydrogens (tertiary/aromatic N) is 2. The second kappa shape index (κ2) is 12.0. The molecule has 7 heteroatoms. The molecule has 3 rings (SSSR count). The second-order valence-corrected chi connectivity index (χ2v) is 8.13.